The van der Waals surface area contributed by atoms with E-state index in [0.717, 1.165) is 24.7 Å². The fourth-order valence-corrected chi connectivity index (χ4v) is 9.12. The molecular weight excluding hydrogens is 520 g/mol. The first-order valence-electron chi connectivity index (χ1n) is 16.2. The van der Waals surface area contributed by atoms with Crippen molar-refractivity contribution in [3.05, 3.63) is 71.8 Å². The molecule has 8 unspecified atom stereocenters. The van der Waals surface area contributed by atoms with Crippen molar-refractivity contribution in [1.29, 1.82) is 0 Å². The van der Waals surface area contributed by atoms with Gasteiger partial charge in [-0.15, -0.1) is 0 Å². The molecule has 0 amide bonds. The number of fused-ring (bicyclic) bond motifs is 9. The number of benzene rings is 2. The zero-order chi connectivity index (χ0) is 29.8. The molecule has 0 aliphatic heterocycles. The van der Waals surface area contributed by atoms with E-state index in [-0.39, 0.29) is 22.8 Å². The first kappa shape index (κ1) is 29.2. The summed E-state index contributed by atoms with van der Waals surface area (Å²) in [5.41, 5.74) is 2.58. The topological polar surface area (TPSA) is 52.6 Å². The second-order valence-electron chi connectivity index (χ2n) is 15.6. The van der Waals surface area contributed by atoms with Gasteiger partial charge in [-0.3, -0.25) is 9.59 Å². The molecule has 3 saturated carbocycles. The van der Waals surface area contributed by atoms with E-state index in [1.54, 1.807) is 0 Å². The van der Waals surface area contributed by atoms with Gasteiger partial charge in [-0.05, 0) is 119 Å². The Morgan fingerprint density at radius 2 is 1.00 bits per heavy atom. The largest absolute Gasteiger partial charge is 0.427 e. The van der Waals surface area contributed by atoms with Crippen molar-refractivity contribution >= 4 is 11.9 Å². The van der Waals surface area contributed by atoms with Gasteiger partial charge in [-0.2, -0.15) is 0 Å². The number of hydrogen-bond donors (Lipinski definition) is 0. The molecule has 8 atom stereocenters. The Labute approximate surface area is 252 Å². The first-order valence-corrected chi connectivity index (χ1v) is 16.2. The minimum absolute atomic E-state index is 0.0649. The normalized spacial score (nSPS) is 30.9. The summed E-state index contributed by atoms with van der Waals surface area (Å²) in [6.45, 7) is 13.1. The van der Waals surface area contributed by atoms with Gasteiger partial charge in [0.05, 0.1) is 0 Å². The maximum atomic E-state index is 13.0. The molecule has 4 aliphatic rings. The molecule has 0 heterocycles. The number of hydrogen-bond acceptors (Lipinski definition) is 4. The maximum Gasteiger partial charge on any atom is 0.311 e. The summed E-state index contributed by atoms with van der Waals surface area (Å²) in [5, 5.41) is 0. The molecular formula is C38H48O4. The average molecular weight is 569 g/mol. The van der Waals surface area contributed by atoms with Gasteiger partial charge < -0.3 is 9.47 Å². The maximum absolute atomic E-state index is 13.0. The van der Waals surface area contributed by atoms with E-state index in [1.807, 2.05) is 24.3 Å². The minimum atomic E-state index is -0.150. The van der Waals surface area contributed by atoms with Crippen LogP contribution in [0.2, 0.25) is 0 Å². The molecule has 2 aromatic carbocycles. The molecule has 4 heteroatoms. The summed E-state index contributed by atoms with van der Waals surface area (Å²) in [5.74, 6) is 6.15. The van der Waals surface area contributed by atoms with Crippen LogP contribution in [0.5, 0.6) is 11.5 Å². The van der Waals surface area contributed by atoms with E-state index < -0.39 is 0 Å². The summed E-state index contributed by atoms with van der Waals surface area (Å²) in [6, 6.07) is 15.8. The fourth-order valence-electron chi connectivity index (χ4n) is 9.12. The fraction of sp³-hybridized carbons (Fsp3) is 0.579. The van der Waals surface area contributed by atoms with E-state index in [2.05, 4.69) is 78.0 Å². The van der Waals surface area contributed by atoms with Crippen molar-refractivity contribution in [2.24, 2.45) is 47.3 Å². The van der Waals surface area contributed by atoms with Gasteiger partial charge in [0.15, 0.2) is 0 Å². The monoisotopic (exact) mass is 568 g/mol. The summed E-state index contributed by atoms with van der Waals surface area (Å²) < 4.78 is 11.5. The number of carbonyl (C=O) groups is 2. The Kier molecular flexibility index (Phi) is 7.64. The van der Waals surface area contributed by atoms with Crippen LogP contribution in [0.25, 0.3) is 0 Å². The van der Waals surface area contributed by atoms with Crippen molar-refractivity contribution in [2.75, 3.05) is 0 Å². The van der Waals surface area contributed by atoms with Crippen LogP contribution in [-0.4, -0.2) is 11.9 Å². The van der Waals surface area contributed by atoms with Gasteiger partial charge in [0.2, 0.25) is 0 Å². The standard InChI is InChI=1S/C38H48O4/c1-37(2,3)25-9-13-27(14-10-25)41-33(39)19-17-29-30(32-22-31(29)35-23-7-8-24(21-23)36(32)35)18-20-34(40)42-28-15-11-26(12-16-28)38(4,5)6/h7-16,23-24,29-32,35-36H,17-22H2,1-6H3. The van der Waals surface area contributed by atoms with Crippen molar-refractivity contribution in [3.8, 4) is 11.5 Å². The van der Waals surface area contributed by atoms with Crippen LogP contribution < -0.4 is 9.47 Å². The van der Waals surface area contributed by atoms with Crippen LogP contribution in [0.3, 0.4) is 0 Å². The third kappa shape index (κ3) is 5.71. The minimum Gasteiger partial charge on any atom is -0.427 e. The molecule has 0 radical (unpaired) electrons. The predicted octanol–water partition coefficient (Wildman–Crippen LogP) is 8.67. The molecule has 2 aromatic rings. The van der Waals surface area contributed by atoms with E-state index in [1.165, 1.54) is 24.0 Å². The molecule has 0 saturated heterocycles. The van der Waals surface area contributed by atoms with E-state index in [4.69, 9.17) is 9.47 Å². The van der Waals surface area contributed by atoms with Crippen LogP contribution in [0.15, 0.2) is 60.7 Å². The van der Waals surface area contributed by atoms with Gasteiger partial charge in [0.1, 0.15) is 11.5 Å². The summed E-state index contributed by atoms with van der Waals surface area (Å²) in [6.07, 6.45) is 10.0. The highest BCUT2D eigenvalue weighted by molar-refractivity contribution is 5.73. The quantitative estimate of drug-likeness (QED) is 0.138. The number of rotatable bonds is 8. The lowest BCUT2D eigenvalue weighted by Gasteiger charge is -2.42. The van der Waals surface area contributed by atoms with Gasteiger partial charge >= 0.3 is 11.9 Å². The van der Waals surface area contributed by atoms with E-state index in [9.17, 15) is 9.59 Å². The van der Waals surface area contributed by atoms with Gasteiger partial charge in [-0.25, -0.2) is 0 Å². The van der Waals surface area contributed by atoms with Gasteiger partial charge in [0, 0.05) is 12.8 Å². The number of allylic oxidation sites excluding steroid dienone is 2. The van der Waals surface area contributed by atoms with Crippen molar-refractivity contribution in [3.63, 3.8) is 0 Å². The average Bonchev–Trinajstić information content (AvgIpc) is 3.70. The van der Waals surface area contributed by atoms with Crippen LogP contribution in [0.1, 0.15) is 91.2 Å². The van der Waals surface area contributed by atoms with Crippen molar-refractivity contribution < 1.29 is 19.1 Å². The molecule has 6 rings (SSSR count). The summed E-state index contributed by atoms with van der Waals surface area (Å²) in [4.78, 5) is 25.9. The highest BCUT2D eigenvalue weighted by atomic mass is 16.5. The molecule has 42 heavy (non-hydrogen) atoms. The Bertz CT molecular complexity index is 1220. The van der Waals surface area contributed by atoms with Crippen LogP contribution in [0, 0.1) is 47.3 Å². The van der Waals surface area contributed by atoms with Crippen LogP contribution >= 0.6 is 0 Å². The summed E-state index contributed by atoms with van der Waals surface area (Å²) in [7, 11) is 0. The predicted molar refractivity (Wildman–Crippen MR) is 166 cm³/mol. The SMILES string of the molecule is CC(C)(C)c1ccc(OC(=O)CCC2C(CCC(=O)Oc3ccc(C(C)(C)C)cc3)C3CC2C2C4C=CC(C4)C32)cc1. The molecule has 4 aliphatic carbocycles. The van der Waals surface area contributed by atoms with E-state index >= 15 is 0 Å². The zero-order valence-corrected chi connectivity index (χ0v) is 26.3. The van der Waals surface area contributed by atoms with Crippen molar-refractivity contribution in [1.82, 2.24) is 0 Å². The molecule has 3 fully saturated rings. The molecule has 4 bridgehead atoms. The number of ether oxygens (including phenoxy) is 2. The smallest absolute Gasteiger partial charge is 0.311 e. The highest BCUT2D eigenvalue weighted by Gasteiger charge is 2.63. The molecule has 4 nitrogen and oxygen atoms in total. The lowest BCUT2D eigenvalue weighted by Crippen LogP contribution is -2.37. The first-order chi connectivity index (χ1) is 19.9. The second kappa shape index (κ2) is 11.0. The Hall–Kier alpha value is -2.88. The Morgan fingerprint density at radius 1 is 0.619 bits per heavy atom. The highest BCUT2D eigenvalue weighted by Crippen LogP contribution is 2.70. The van der Waals surface area contributed by atoms with Crippen LogP contribution in [0.4, 0.5) is 0 Å². The Morgan fingerprint density at radius 3 is 1.36 bits per heavy atom. The molecule has 224 valence electrons. The molecule has 0 N–H and O–H groups in total. The van der Waals surface area contributed by atoms with Crippen LogP contribution in [-0.2, 0) is 20.4 Å². The Balaban J connectivity index is 1.08. The summed E-state index contributed by atoms with van der Waals surface area (Å²) >= 11 is 0. The number of carbonyl (C=O) groups excluding carboxylic acids is 2. The van der Waals surface area contributed by atoms with E-state index in [0.29, 0.717) is 59.8 Å². The van der Waals surface area contributed by atoms with Gasteiger partial charge in [0.25, 0.3) is 0 Å². The lowest BCUT2D eigenvalue weighted by molar-refractivity contribution is -0.136. The number of esters is 2. The zero-order valence-electron chi connectivity index (χ0n) is 26.3. The third-order valence-corrected chi connectivity index (χ3v) is 11.0. The second-order valence-corrected chi connectivity index (χ2v) is 15.6. The van der Waals surface area contributed by atoms with Crippen molar-refractivity contribution in [2.45, 2.75) is 90.9 Å². The molecule has 0 spiro atoms. The molecule has 0 aromatic heterocycles. The third-order valence-electron chi connectivity index (χ3n) is 11.0. The van der Waals surface area contributed by atoms with Gasteiger partial charge in [-0.1, -0.05) is 78.0 Å². The lowest BCUT2D eigenvalue weighted by atomic mass is 9.63.